The molecule has 0 fully saturated rings. The molecule has 0 aliphatic rings. The van der Waals surface area contributed by atoms with Crippen molar-refractivity contribution in [3.8, 4) is 5.75 Å². The fourth-order valence-corrected chi connectivity index (χ4v) is 2.76. The second-order valence-corrected chi connectivity index (χ2v) is 6.51. The van der Waals surface area contributed by atoms with Crippen LogP contribution in [0.3, 0.4) is 0 Å². The molecule has 0 saturated carbocycles. The number of benzene rings is 3. The van der Waals surface area contributed by atoms with Gasteiger partial charge in [0, 0.05) is 11.4 Å². The first-order valence-corrected chi connectivity index (χ1v) is 8.97. The number of hydrogen-bond donors (Lipinski definition) is 0. The van der Waals surface area contributed by atoms with Gasteiger partial charge in [0.15, 0.2) is 0 Å². The highest BCUT2D eigenvalue weighted by atomic mass is 16.5. The standard InChI is InChI=1S/C24H24N2O/c1-17-8-10-22(11-9-17)25-18(2)20-6-5-7-21(16-20)19(3)26-23-12-14-24(27-4)15-13-23/h5-16H,1-4H3. The Kier molecular flexibility index (Phi) is 5.82. The van der Waals surface area contributed by atoms with Crippen LogP contribution in [0.15, 0.2) is 82.8 Å². The van der Waals surface area contributed by atoms with Crippen LogP contribution in [0.5, 0.6) is 5.75 Å². The zero-order valence-corrected chi connectivity index (χ0v) is 16.2. The number of methoxy groups -OCH3 is 1. The number of nitrogens with zero attached hydrogens (tertiary/aromatic N) is 2. The fourth-order valence-electron chi connectivity index (χ4n) is 2.76. The first-order valence-electron chi connectivity index (χ1n) is 8.97. The summed E-state index contributed by atoms with van der Waals surface area (Å²) in [6.45, 7) is 6.14. The van der Waals surface area contributed by atoms with Crippen LogP contribution in [0.25, 0.3) is 0 Å². The van der Waals surface area contributed by atoms with Crippen LogP contribution < -0.4 is 4.74 Å². The molecule has 0 heterocycles. The minimum atomic E-state index is 0.830. The van der Waals surface area contributed by atoms with Crippen molar-refractivity contribution in [2.75, 3.05) is 7.11 Å². The van der Waals surface area contributed by atoms with E-state index in [0.29, 0.717) is 0 Å². The molecule has 0 aliphatic heterocycles. The summed E-state index contributed by atoms with van der Waals surface area (Å²) in [6.07, 6.45) is 0. The molecule has 3 heteroatoms. The number of hydrogen-bond acceptors (Lipinski definition) is 3. The van der Waals surface area contributed by atoms with Crippen LogP contribution in [0.4, 0.5) is 11.4 Å². The lowest BCUT2D eigenvalue weighted by Crippen LogP contribution is -1.99. The summed E-state index contributed by atoms with van der Waals surface area (Å²) in [6, 6.07) is 24.3. The molecule has 0 atom stereocenters. The number of rotatable bonds is 5. The summed E-state index contributed by atoms with van der Waals surface area (Å²) in [7, 11) is 1.66. The van der Waals surface area contributed by atoms with Crippen LogP contribution in [-0.2, 0) is 0 Å². The molecular weight excluding hydrogens is 332 g/mol. The van der Waals surface area contributed by atoms with Gasteiger partial charge in [-0.1, -0.05) is 35.9 Å². The molecular formula is C24H24N2O. The van der Waals surface area contributed by atoms with Crippen LogP contribution in [0.1, 0.15) is 30.5 Å². The SMILES string of the molecule is COc1ccc(N=C(C)c2cccc(C(C)=Nc3ccc(C)cc3)c2)cc1. The van der Waals surface area contributed by atoms with E-state index in [9.17, 15) is 0 Å². The molecule has 0 radical (unpaired) electrons. The maximum Gasteiger partial charge on any atom is 0.119 e. The van der Waals surface area contributed by atoms with Gasteiger partial charge in [-0.3, -0.25) is 9.98 Å². The smallest absolute Gasteiger partial charge is 0.119 e. The molecule has 3 aromatic rings. The summed E-state index contributed by atoms with van der Waals surface area (Å²) in [5, 5.41) is 0. The monoisotopic (exact) mass is 356 g/mol. The molecule has 0 unspecified atom stereocenters. The lowest BCUT2D eigenvalue weighted by molar-refractivity contribution is 0.415. The maximum atomic E-state index is 5.19. The summed E-state index contributed by atoms with van der Waals surface area (Å²) in [5.74, 6) is 0.830. The highest BCUT2D eigenvalue weighted by Gasteiger charge is 2.03. The Morgan fingerprint density at radius 3 is 1.67 bits per heavy atom. The molecule has 0 bridgehead atoms. The average Bonchev–Trinajstić information content (AvgIpc) is 2.70. The van der Waals surface area contributed by atoms with E-state index in [1.807, 2.05) is 56.3 Å². The summed E-state index contributed by atoms with van der Waals surface area (Å²) in [4.78, 5) is 9.46. The Hall–Kier alpha value is -3.20. The Labute approximate surface area is 161 Å². The van der Waals surface area contributed by atoms with Crippen molar-refractivity contribution >= 4 is 22.8 Å². The molecule has 0 saturated heterocycles. The molecule has 3 rings (SSSR count). The third-order valence-corrected chi connectivity index (χ3v) is 4.40. The molecule has 0 amide bonds. The van der Waals surface area contributed by atoms with Gasteiger partial charge in [-0.05, 0) is 74.4 Å². The third kappa shape index (κ3) is 4.91. The van der Waals surface area contributed by atoms with E-state index in [1.165, 1.54) is 5.56 Å². The Morgan fingerprint density at radius 2 is 1.19 bits per heavy atom. The quantitative estimate of drug-likeness (QED) is 0.495. The molecule has 0 N–H and O–H groups in total. The van der Waals surface area contributed by atoms with E-state index < -0.39 is 0 Å². The molecule has 3 aromatic carbocycles. The lowest BCUT2D eigenvalue weighted by Gasteiger charge is -2.06. The topological polar surface area (TPSA) is 34.0 Å². The molecule has 3 nitrogen and oxygen atoms in total. The van der Waals surface area contributed by atoms with Crippen LogP contribution in [0, 0.1) is 6.92 Å². The second-order valence-electron chi connectivity index (χ2n) is 6.51. The van der Waals surface area contributed by atoms with Gasteiger partial charge < -0.3 is 4.74 Å². The molecule has 0 spiro atoms. The van der Waals surface area contributed by atoms with Crippen molar-refractivity contribution in [3.63, 3.8) is 0 Å². The highest BCUT2D eigenvalue weighted by Crippen LogP contribution is 2.20. The van der Waals surface area contributed by atoms with Crippen LogP contribution >= 0.6 is 0 Å². The first kappa shape index (κ1) is 18.6. The minimum Gasteiger partial charge on any atom is -0.497 e. The minimum absolute atomic E-state index is 0.830. The van der Waals surface area contributed by atoms with E-state index in [1.54, 1.807) is 7.11 Å². The fraction of sp³-hybridized carbons (Fsp3) is 0.167. The molecule has 0 aliphatic carbocycles. The van der Waals surface area contributed by atoms with Crippen LogP contribution in [-0.4, -0.2) is 18.5 Å². The molecule has 27 heavy (non-hydrogen) atoms. The maximum absolute atomic E-state index is 5.19. The average molecular weight is 356 g/mol. The predicted octanol–water partition coefficient (Wildman–Crippen LogP) is 6.29. The van der Waals surface area contributed by atoms with E-state index in [0.717, 1.165) is 39.7 Å². The number of ether oxygens (including phenoxy) is 1. The molecule has 136 valence electrons. The van der Waals surface area contributed by atoms with Gasteiger partial charge in [0.2, 0.25) is 0 Å². The van der Waals surface area contributed by atoms with Crippen LogP contribution in [0.2, 0.25) is 0 Å². The van der Waals surface area contributed by atoms with E-state index in [-0.39, 0.29) is 0 Å². The van der Waals surface area contributed by atoms with Gasteiger partial charge in [-0.2, -0.15) is 0 Å². The highest BCUT2D eigenvalue weighted by molar-refractivity contribution is 6.05. The second kappa shape index (κ2) is 8.45. The van der Waals surface area contributed by atoms with Crippen molar-refractivity contribution in [1.29, 1.82) is 0 Å². The zero-order valence-electron chi connectivity index (χ0n) is 16.2. The van der Waals surface area contributed by atoms with Crippen molar-refractivity contribution < 1.29 is 4.74 Å². The summed E-state index contributed by atoms with van der Waals surface area (Å²) < 4.78 is 5.19. The van der Waals surface area contributed by atoms with Crippen molar-refractivity contribution in [2.45, 2.75) is 20.8 Å². The lowest BCUT2D eigenvalue weighted by atomic mass is 10.0. The van der Waals surface area contributed by atoms with E-state index in [4.69, 9.17) is 14.7 Å². The van der Waals surface area contributed by atoms with Gasteiger partial charge in [-0.25, -0.2) is 0 Å². The number of aryl methyl sites for hydroxylation is 1. The van der Waals surface area contributed by atoms with Gasteiger partial charge in [0.1, 0.15) is 5.75 Å². The summed E-state index contributed by atoms with van der Waals surface area (Å²) in [5.41, 5.74) is 7.23. The molecule has 0 aromatic heterocycles. The Morgan fingerprint density at radius 1 is 0.704 bits per heavy atom. The zero-order chi connectivity index (χ0) is 19.2. The van der Waals surface area contributed by atoms with Gasteiger partial charge in [-0.15, -0.1) is 0 Å². The number of aliphatic imine (C=N–C) groups is 2. The normalized spacial score (nSPS) is 12.1. The first-order chi connectivity index (χ1) is 13.0. The van der Waals surface area contributed by atoms with Gasteiger partial charge >= 0.3 is 0 Å². The summed E-state index contributed by atoms with van der Waals surface area (Å²) >= 11 is 0. The Bertz CT molecular complexity index is 968. The predicted molar refractivity (Wildman–Crippen MR) is 114 cm³/mol. The largest absolute Gasteiger partial charge is 0.497 e. The van der Waals surface area contributed by atoms with Crippen molar-refractivity contribution in [1.82, 2.24) is 0 Å². The van der Waals surface area contributed by atoms with Crippen molar-refractivity contribution in [2.24, 2.45) is 9.98 Å². The van der Waals surface area contributed by atoms with Crippen molar-refractivity contribution in [3.05, 3.63) is 89.5 Å². The third-order valence-electron chi connectivity index (χ3n) is 4.40. The van der Waals surface area contributed by atoms with E-state index in [2.05, 4.69) is 37.3 Å². The van der Waals surface area contributed by atoms with E-state index >= 15 is 0 Å². The van der Waals surface area contributed by atoms with Gasteiger partial charge in [0.05, 0.1) is 18.5 Å². The van der Waals surface area contributed by atoms with Gasteiger partial charge in [0.25, 0.3) is 0 Å². The Balaban J connectivity index is 1.85.